The Hall–Kier alpha value is -3.08. The first-order valence-corrected chi connectivity index (χ1v) is 11.4. The Morgan fingerprint density at radius 3 is 2.81 bits per heavy atom. The van der Waals surface area contributed by atoms with E-state index in [1.165, 1.54) is 26.8 Å². The molecular weight excluding hydrogens is 402 g/mol. The molecule has 1 N–H and O–H groups in total. The van der Waals surface area contributed by atoms with Gasteiger partial charge in [0.25, 0.3) is 0 Å². The van der Waals surface area contributed by atoms with Crippen LogP contribution in [-0.4, -0.2) is 13.7 Å². The summed E-state index contributed by atoms with van der Waals surface area (Å²) in [6.07, 6.45) is 5.47. The summed E-state index contributed by atoms with van der Waals surface area (Å²) >= 11 is 1.78. The average Bonchev–Trinajstić information content (AvgIpc) is 3.31. The third kappa shape index (κ3) is 4.22. The summed E-state index contributed by atoms with van der Waals surface area (Å²) in [6, 6.07) is 23.3. The molecule has 1 aromatic heterocycles. The molecule has 2 heterocycles. The van der Waals surface area contributed by atoms with Crippen molar-refractivity contribution in [2.24, 2.45) is 0 Å². The highest BCUT2D eigenvalue weighted by Crippen LogP contribution is 2.36. The zero-order valence-electron chi connectivity index (χ0n) is 17.5. The third-order valence-corrected chi connectivity index (χ3v) is 6.64. The SMILES string of the molecule is COc1cc2c(cc1OCc1ccccc1)CCNC2/C=C/c1cccc2sccc12. The molecule has 0 spiro atoms. The van der Waals surface area contributed by atoms with Crippen molar-refractivity contribution in [1.29, 1.82) is 0 Å². The Labute approximate surface area is 187 Å². The lowest BCUT2D eigenvalue weighted by Gasteiger charge is -2.26. The van der Waals surface area contributed by atoms with Crippen molar-refractivity contribution in [3.8, 4) is 11.5 Å². The van der Waals surface area contributed by atoms with E-state index in [0.717, 1.165) is 30.0 Å². The van der Waals surface area contributed by atoms with Gasteiger partial charge in [-0.2, -0.15) is 0 Å². The molecule has 156 valence electrons. The second-order valence-corrected chi connectivity index (χ2v) is 8.64. The van der Waals surface area contributed by atoms with Gasteiger partial charge in [0.1, 0.15) is 6.61 Å². The lowest BCUT2D eigenvalue weighted by Crippen LogP contribution is -2.28. The number of methoxy groups -OCH3 is 1. The van der Waals surface area contributed by atoms with E-state index in [9.17, 15) is 0 Å². The van der Waals surface area contributed by atoms with Gasteiger partial charge < -0.3 is 14.8 Å². The van der Waals surface area contributed by atoms with Crippen LogP contribution in [0.2, 0.25) is 0 Å². The van der Waals surface area contributed by atoms with Crippen molar-refractivity contribution in [3.63, 3.8) is 0 Å². The van der Waals surface area contributed by atoms with E-state index in [2.05, 4.69) is 71.4 Å². The van der Waals surface area contributed by atoms with E-state index in [4.69, 9.17) is 9.47 Å². The largest absolute Gasteiger partial charge is 0.493 e. The van der Waals surface area contributed by atoms with Crippen molar-refractivity contribution < 1.29 is 9.47 Å². The summed E-state index contributed by atoms with van der Waals surface area (Å²) in [6.45, 7) is 1.47. The van der Waals surface area contributed by atoms with Crippen molar-refractivity contribution in [2.75, 3.05) is 13.7 Å². The highest BCUT2D eigenvalue weighted by Gasteiger charge is 2.21. The minimum Gasteiger partial charge on any atom is -0.493 e. The highest BCUT2D eigenvalue weighted by molar-refractivity contribution is 7.17. The molecule has 5 rings (SSSR count). The zero-order valence-corrected chi connectivity index (χ0v) is 18.3. The first-order valence-electron chi connectivity index (χ1n) is 10.6. The third-order valence-electron chi connectivity index (χ3n) is 5.75. The highest BCUT2D eigenvalue weighted by atomic mass is 32.1. The van der Waals surface area contributed by atoms with Crippen molar-refractivity contribution in [2.45, 2.75) is 19.1 Å². The Morgan fingerprint density at radius 2 is 1.94 bits per heavy atom. The molecule has 3 nitrogen and oxygen atoms in total. The molecule has 0 amide bonds. The number of ether oxygens (including phenoxy) is 2. The fraction of sp³-hybridized carbons (Fsp3) is 0.185. The molecule has 0 radical (unpaired) electrons. The second kappa shape index (κ2) is 8.96. The van der Waals surface area contributed by atoms with Crippen LogP contribution in [0.1, 0.15) is 28.3 Å². The zero-order chi connectivity index (χ0) is 21.0. The predicted octanol–water partition coefficient (Wildman–Crippen LogP) is 6.39. The van der Waals surface area contributed by atoms with Crippen LogP contribution in [0.25, 0.3) is 16.2 Å². The molecule has 1 aliphatic heterocycles. The van der Waals surface area contributed by atoms with Gasteiger partial charge in [-0.25, -0.2) is 0 Å². The molecule has 0 aliphatic carbocycles. The number of hydrogen-bond acceptors (Lipinski definition) is 4. The normalized spacial score (nSPS) is 15.8. The van der Waals surface area contributed by atoms with Crippen LogP contribution in [-0.2, 0) is 13.0 Å². The first kappa shape index (κ1) is 19.9. The van der Waals surface area contributed by atoms with Crippen LogP contribution in [0.4, 0.5) is 0 Å². The molecule has 3 aromatic carbocycles. The minimum atomic E-state index is 0.148. The van der Waals surface area contributed by atoms with Gasteiger partial charge in [0.2, 0.25) is 0 Å². The summed E-state index contributed by atoms with van der Waals surface area (Å²) in [4.78, 5) is 0. The van der Waals surface area contributed by atoms with Gasteiger partial charge in [0.15, 0.2) is 11.5 Å². The van der Waals surface area contributed by atoms with Gasteiger partial charge in [-0.05, 0) is 63.7 Å². The number of hydrogen-bond donors (Lipinski definition) is 1. The van der Waals surface area contributed by atoms with Crippen molar-refractivity contribution in [1.82, 2.24) is 5.32 Å². The molecular formula is C27H25NO2S. The first-order chi connectivity index (χ1) is 15.3. The monoisotopic (exact) mass is 427 g/mol. The van der Waals surface area contributed by atoms with Crippen LogP contribution in [0.5, 0.6) is 11.5 Å². The summed E-state index contributed by atoms with van der Waals surface area (Å²) in [5.74, 6) is 1.58. The van der Waals surface area contributed by atoms with Gasteiger partial charge in [-0.15, -0.1) is 11.3 Å². The number of fused-ring (bicyclic) bond motifs is 2. The van der Waals surface area contributed by atoms with Gasteiger partial charge in [-0.1, -0.05) is 54.6 Å². The van der Waals surface area contributed by atoms with Gasteiger partial charge >= 0.3 is 0 Å². The standard InChI is InChI=1S/C27H25NO2S/c1-29-25-17-23-21(16-26(25)30-18-19-6-3-2-4-7-19)12-14-28-24(23)11-10-20-8-5-9-27-22(20)13-15-31-27/h2-11,13,15-17,24,28H,12,14,18H2,1H3/b11-10+. The number of thiophene rings is 1. The van der Waals surface area contributed by atoms with Crippen molar-refractivity contribution in [3.05, 3.63) is 100 Å². The maximum atomic E-state index is 6.12. The van der Waals surface area contributed by atoms with Crippen LogP contribution >= 0.6 is 11.3 Å². The van der Waals surface area contributed by atoms with Crippen LogP contribution < -0.4 is 14.8 Å². The summed E-state index contributed by atoms with van der Waals surface area (Å²) in [7, 11) is 1.70. The molecule has 31 heavy (non-hydrogen) atoms. The molecule has 4 heteroatoms. The fourth-order valence-corrected chi connectivity index (χ4v) is 4.96. The molecule has 1 unspecified atom stereocenters. The van der Waals surface area contributed by atoms with Crippen LogP contribution in [0.15, 0.2) is 78.2 Å². The van der Waals surface area contributed by atoms with Gasteiger partial charge in [-0.3, -0.25) is 0 Å². The van der Waals surface area contributed by atoms with E-state index in [-0.39, 0.29) is 6.04 Å². The molecule has 1 aliphatic rings. The topological polar surface area (TPSA) is 30.5 Å². The van der Waals surface area contributed by atoms with E-state index in [0.29, 0.717) is 6.61 Å². The summed E-state index contributed by atoms with van der Waals surface area (Å²) in [5.41, 5.74) is 4.96. The smallest absolute Gasteiger partial charge is 0.161 e. The predicted molar refractivity (Wildman–Crippen MR) is 129 cm³/mol. The Balaban J connectivity index is 1.41. The molecule has 0 saturated heterocycles. The van der Waals surface area contributed by atoms with E-state index in [1.807, 2.05) is 18.2 Å². The second-order valence-electron chi connectivity index (χ2n) is 7.70. The molecule has 0 saturated carbocycles. The van der Waals surface area contributed by atoms with Gasteiger partial charge in [0, 0.05) is 11.2 Å². The van der Waals surface area contributed by atoms with E-state index in [1.54, 1.807) is 18.4 Å². The lowest BCUT2D eigenvalue weighted by molar-refractivity contribution is 0.283. The van der Waals surface area contributed by atoms with Gasteiger partial charge in [0.05, 0.1) is 13.2 Å². The van der Waals surface area contributed by atoms with Crippen molar-refractivity contribution >= 4 is 27.5 Å². The Morgan fingerprint density at radius 1 is 1.03 bits per heavy atom. The molecule has 1 atom stereocenters. The number of benzene rings is 3. The molecule has 0 fully saturated rings. The summed E-state index contributed by atoms with van der Waals surface area (Å²) < 4.78 is 13.1. The Kier molecular flexibility index (Phi) is 5.74. The maximum Gasteiger partial charge on any atom is 0.161 e. The molecule has 4 aromatic rings. The maximum absolute atomic E-state index is 6.12. The number of rotatable bonds is 6. The quantitative estimate of drug-likeness (QED) is 0.387. The minimum absolute atomic E-state index is 0.148. The summed E-state index contributed by atoms with van der Waals surface area (Å²) in [5, 5.41) is 7.09. The molecule has 0 bridgehead atoms. The number of nitrogens with one attached hydrogen (secondary N) is 1. The average molecular weight is 428 g/mol. The fourth-order valence-electron chi connectivity index (χ4n) is 4.14. The Bertz CT molecular complexity index is 1210. The van der Waals surface area contributed by atoms with E-state index < -0.39 is 0 Å². The van der Waals surface area contributed by atoms with Crippen LogP contribution in [0.3, 0.4) is 0 Å². The lowest BCUT2D eigenvalue weighted by atomic mass is 9.92. The van der Waals surface area contributed by atoms with E-state index >= 15 is 0 Å². The van der Waals surface area contributed by atoms with Crippen LogP contribution in [0, 0.1) is 0 Å².